The maximum Gasteiger partial charge on any atom is 0.290 e. The largest absolute Gasteiger partial charge is 0.290 e. The summed E-state index contributed by atoms with van der Waals surface area (Å²) in [6.45, 7) is 0. The maximum atomic E-state index is 12.4. The molecule has 0 fully saturated rings. The summed E-state index contributed by atoms with van der Waals surface area (Å²) >= 11 is 1.04. The number of para-hydroxylation sites is 1. The van der Waals surface area contributed by atoms with Gasteiger partial charge in [-0.15, -0.1) is 11.3 Å². The minimum Gasteiger partial charge on any atom is -0.278 e. The van der Waals surface area contributed by atoms with Crippen LogP contribution in [0, 0.1) is 0 Å². The first-order valence-corrected chi connectivity index (χ1v) is 10.0. The topological polar surface area (TPSA) is 150 Å². The molecule has 0 saturated carbocycles. The molecule has 0 unspecified atom stereocenters. The molecule has 0 spiro atoms. The molecule has 3 aromatic rings. The van der Waals surface area contributed by atoms with Crippen molar-refractivity contribution in [3.8, 4) is 0 Å². The fourth-order valence-electron chi connectivity index (χ4n) is 2.10. The van der Waals surface area contributed by atoms with Crippen molar-refractivity contribution in [2.45, 2.75) is 4.21 Å². The van der Waals surface area contributed by atoms with E-state index in [0.717, 1.165) is 17.4 Å². The molecule has 0 aliphatic rings. The number of hydrogen-bond acceptors (Lipinski definition) is 7. The molecule has 0 aliphatic carbocycles. The summed E-state index contributed by atoms with van der Waals surface area (Å²) in [5, 5.41) is 7.24. The highest BCUT2D eigenvalue weighted by molar-refractivity contribution is 7.94. The number of aromatic amines is 1. The third kappa shape index (κ3) is 4.42. The quantitative estimate of drug-likeness (QED) is 0.447. The van der Waals surface area contributed by atoms with Crippen molar-refractivity contribution in [1.29, 1.82) is 0 Å². The summed E-state index contributed by atoms with van der Waals surface area (Å²) in [5.41, 5.74) is 3.75. The first-order chi connectivity index (χ1) is 13.4. The van der Waals surface area contributed by atoms with E-state index in [1.807, 2.05) is 0 Å². The molecule has 3 rings (SSSR count). The molecule has 0 radical (unpaired) electrons. The molecule has 2 heterocycles. The van der Waals surface area contributed by atoms with Gasteiger partial charge in [-0.25, -0.2) is 13.5 Å². The second kappa shape index (κ2) is 8.02. The van der Waals surface area contributed by atoms with E-state index in [9.17, 15) is 22.8 Å². The van der Waals surface area contributed by atoms with Crippen LogP contribution in [0.2, 0.25) is 0 Å². The monoisotopic (exact) mass is 419 g/mol. The van der Waals surface area contributed by atoms with E-state index in [4.69, 9.17) is 0 Å². The predicted molar refractivity (Wildman–Crippen MR) is 101 cm³/mol. The van der Waals surface area contributed by atoms with Crippen molar-refractivity contribution in [1.82, 2.24) is 21.0 Å². The lowest BCUT2D eigenvalue weighted by Crippen LogP contribution is -2.42. The van der Waals surface area contributed by atoms with E-state index in [0.29, 0.717) is 0 Å². The highest BCUT2D eigenvalue weighted by atomic mass is 32.2. The number of carbonyl (C=O) groups is 2. The summed E-state index contributed by atoms with van der Waals surface area (Å²) in [6, 6.07) is 11.2. The second-order valence-electron chi connectivity index (χ2n) is 5.30. The van der Waals surface area contributed by atoms with Gasteiger partial charge in [0.05, 0.1) is 11.3 Å². The van der Waals surface area contributed by atoms with Crippen LogP contribution < -0.4 is 21.1 Å². The molecule has 0 bridgehead atoms. The van der Waals surface area contributed by atoms with Gasteiger partial charge in [-0.05, 0) is 29.6 Å². The molecule has 12 heteroatoms. The van der Waals surface area contributed by atoms with Crippen LogP contribution in [-0.2, 0) is 10.0 Å². The van der Waals surface area contributed by atoms with E-state index in [1.165, 1.54) is 24.3 Å². The Labute approximate surface area is 162 Å². The molecule has 10 nitrogen and oxygen atoms in total. The van der Waals surface area contributed by atoms with Crippen molar-refractivity contribution >= 4 is 38.9 Å². The van der Waals surface area contributed by atoms with Crippen LogP contribution in [0.4, 0.5) is 5.69 Å². The number of aromatic nitrogens is 2. The molecular formula is C16H13N5O5S2. The molecule has 2 amide bonds. The fraction of sp³-hybridized carbons (Fsp3) is 0. The zero-order chi connectivity index (χ0) is 20.1. The number of nitrogens with zero attached hydrogens (tertiary/aromatic N) is 1. The standard InChI is InChI=1S/C16H13N5O5S2/c22-13-8-7-12(17-18-13)16(24)20-19-15(23)10-4-1-2-5-11(10)21-28(25,26)14-6-3-9-27-14/h1-9,21H,(H,18,22)(H,19,23)(H,20,24). The Morgan fingerprint density at radius 3 is 2.39 bits per heavy atom. The van der Waals surface area contributed by atoms with Gasteiger partial charge in [0.2, 0.25) is 0 Å². The Hall–Kier alpha value is -3.51. The van der Waals surface area contributed by atoms with E-state index in [1.54, 1.807) is 23.6 Å². The van der Waals surface area contributed by atoms with Gasteiger partial charge < -0.3 is 0 Å². The molecule has 4 N–H and O–H groups in total. The SMILES string of the molecule is O=C(NNC(=O)c1ccccc1NS(=O)(=O)c1cccs1)c1ccc(=O)[nH]n1. The summed E-state index contributed by atoms with van der Waals surface area (Å²) in [7, 11) is -3.85. The van der Waals surface area contributed by atoms with Crippen molar-refractivity contribution in [2.75, 3.05) is 4.72 Å². The van der Waals surface area contributed by atoms with Crippen LogP contribution in [0.5, 0.6) is 0 Å². The van der Waals surface area contributed by atoms with Gasteiger partial charge >= 0.3 is 0 Å². The lowest BCUT2D eigenvalue weighted by molar-refractivity contribution is 0.0843. The van der Waals surface area contributed by atoms with Crippen LogP contribution in [0.15, 0.2) is 62.9 Å². The highest BCUT2D eigenvalue weighted by Crippen LogP contribution is 2.22. The van der Waals surface area contributed by atoms with Crippen molar-refractivity contribution in [3.63, 3.8) is 0 Å². The van der Waals surface area contributed by atoms with Gasteiger partial charge in [-0.2, -0.15) is 5.10 Å². The normalized spacial score (nSPS) is 10.9. The third-order valence-corrected chi connectivity index (χ3v) is 6.14. The van der Waals surface area contributed by atoms with E-state index < -0.39 is 27.4 Å². The molecular weight excluding hydrogens is 406 g/mol. The second-order valence-corrected chi connectivity index (χ2v) is 8.15. The third-order valence-electron chi connectivity index (χ3n) is 3.38. The van der Waals surface area contributed by atoms with E-state index in [-0.39, 0.29) is 21.2 Å². The lowest BCUT2D eigenvalue weighted by Gasteiger charge is -2.12. The Bertz CT molecular complexity index is 1150. The van der Waals surface area contributed by atoms with Gasteiger partial charge in [0, 0.05) is 6.07 Å². The van der Waals surface area contributed by atoms with Crippen molar-refractivity contribution < 1.29 is 18.0 Å². The van der Waals surface area contributed by atoms with Crippen LogP contribution in [0.25, 0.3) is 0 Å². The smallest absolute Gasteiger partial charge is 0.278 e. The molecule has 144 valence electrons. The van der Waals surface area contributed by atoms with Gasteiger partial charge in [-0.1, -0.05) is 18.2 Å². The first kappa shape index (κ1) is 19.3. The predicted octanol–water partition coefficient (Wildman–Crippen LogP) is 0.707. The van der Waals surface area contributed by atoms with Crippen LogP contribution >= 0.6 is 11.3 Å². The Morgan fingerprint density at radius 1 is 0.964 bits per heavy atom. The average Bonchev–Trinajstić information content (AvgIpc) is 3.22. The minimum atomic E-state index is -3.85. The molecule has 0 aliphatic heterocycles. The number of hydrazine groups is 1. The summed E-state index contributed by atoms with van der Waals surface area (Å²) in [6.07, 6.45) is 0. The van der Waals surface area contributed by atoms with Crippen molar-refractivity contribution in [3.05, 3.63) is 75.5 Å². The van der Waals surface area contributed by atoms with Crippen LogP contribution in [-0.4, -0.2) is 30.4 Å². The number of H-pyrrole nitrogens is 1. The Balaban J connectivity index is 1.73. The Kier molecular flexibility index (Phi) is 5.52. The van der Waals surface area contributed by atoms with Crippen LogP contribution in [0.1, 0.15) is 20.8 Å². The molecule has 1 aromatic carbocycles. The number of amides is 2. The average molecular weight is 419 g/mol. The number of sulfonamides is 1. The molecule has 28 heavy (non-hydrogen) atoms. The minimum absolute atomic E-state index is 0.00245. The molecule has 0 saturated heterocycles. The number of carbonyl (C=O) groups excluding carboxylic acids is 2. The summed E-state index contributed by atoms with van der Waals surface area (Å²) in [4.78, 5) is 35.3. The number of benzene rings is 1. The maximum absolute atomic E-state index is 12.4. The van der Waals surface area contributed by atoms with Crippen LogP contribution in [0.3, 0.4) is 0 Å². The zero-order valence-electron chi connectivity index (χ0n) is 14.0. The number of hydrogen-bond donors (Lipinski definition) is 4. The number of anilines is 1. The van der Waals surface area contributed by atoms with Gasteiger partial charge in [0.25, 0.3) is 27.4 Å². The zero-order valence-corrected chi connectivity index (χ0v) is 15.6. The number of thiophene rings is 1. The first-order valence-electron chi connectivity index (χ1n) is 7.68. The summed E-state index contributed by atoms with van der Waals surface area (Å²) in [5.74, 6) is -1.51. The number of rotatable bonds is 5. The lowest BCUT2D eigenvalue weighted by atomic mass is 10.2. The van der Waals surface area contributed by atoms with E-state index >= 15 is 0 Å². The van der Waals surface area contributed by atoms with Gasteiger partial charge in [0.15, 0.2) is 5.69 Å². The molecule has 2 aromatic heterocycles. The van der Waals surface area contributed by atoms with Gasteiger partial charge in [0.1, 0.15) is 4.21 Å². The van der Waals surface area contributed by atoms with Gasteiger partial charge in [-0.3, -0.25) is 30.0 Å². The fourth-order valence-corrected chi connectivity index (χ4v) is 4.17. The number of nitrogens with one attached hydrogen (secondary N) is 4. The van der Waals surface area contributed by atoms with Crippen molar-refractivity contribution in [2.24, 2.45) is 0 Å². The van der Waals surface area contributed by atoms with E-state index in [2.05, 4.69) is 25.8 Å². The summed E-state index contributed by atoms with van der Waals surface area (Å²) < 4.78 is 27.2. The molecule has 0 atom stereocenters. The highest BCUT2D eigenvalue weighted by Gasteiger charge is 2.19. The Morgan fingerprint density at radius 2 is 1.71 bits per heavy atom.